The molecule has 5 heteroatoms. The minimum atomic E-state index is 0. The summed E-state index contributed by atoms with van der Waals surface area (Å²) in [6, 6.07) is 0.536. The summed E-state index contributed by atoms with van der Waals surface area (Å²) in [6.07, 6.45) is 8.75. The van der Waals surface area contributed by atoms with E-state index in [1.165, 1.54) is 38.5 Å². The number of methoxy groups -OCH3 is 1. The highest BCUT2D eigenvalue weighted by Crippen LogP contribution is 2.16. The first-order valence-electron chi connectivity index (χ1n) is 6.38. The van der Waals surface area contributed by atoms with Crippen molar-refractivity contribution >= 4 is 29.9 Å². The molecule has 102 valence electrons. The van der Waals surface area contributed by atoms with Crippen LogP contribution in [-0.4, -0.2) is 32.3 Å². The van der Waals surface area contributed by atoms with E-state index >= 15 is 0 Å². The van der Waals surface area contributed by atoms with E-state index in [0.717, 1.165) is 19.6 Å². The normalized spacial score (nSPS) is 18.3. The highest BCUT2D eigenvalue weighted by atomic mass is 127. The van der Waals surface area contributed by atoms with Crippen LogP contribution in [0.1, 0.15) is 44.9 Å². The summed E-state index contributed by atoms with van der Waals surface area (Å²) >= 11 is 0. The first kappa shape index (κ1) is 17.0. The fraction of sp³-hybridized carbons (Fsp3) is 0.917. The van der Waals surface area contributed by atoms with Crippen LogP contribution in [0.3, 0.4) is 0 Å². The van der Waals surface area contributed by atoms with E-state index in [9.17, 15) is 0 Å². The van der Waals surface area contributed by atoms with Crippen molar-refractivity contribution < 1.29 is 4.74 Å². The topological polar surface area (TPSA) is 59.6 Å². The van der Waals surface area contributed by atoms with Crippen LogP contribution in [0.4, 0.5) is 0 Å². The second-order valence-corrected chi connectivity index (χ2v) is 4.45. The van der Waals surface area contributed by atoms with Crippen LogP contribution < -0.4 is 11.1 Å². The predicted octanol–water partition coefficient (Wildman–Crippen LogP) is 2.27. The van der Waals surface area contributed by atoms with Gasteiger partial charge in [0.05, 0.1) is 0 Å². The first-order valence-corrected chi connectivity index (χ1v) is 6.38. The van der Waals surface area contributed by atoms with Gasteiger partial charge < -0.3 is 15.8 Å². The van der Waals surface area contributed by atoms with Gasteiger partial charge in [0.15, 0.2) is 5.96 Å². The number of hydrogen-bond donors (Lipinski definition) is 2. The summed E-state index contributed by atoms with van der Waals surface area (Å²) in [5.41, 5.74) is 5.84. The molecule has 1 fully saturated rings. The number of nitrogens with one attached hydrogen (secondary N) is 1. The number of halogens is 1. The Balaban J connectivity index is 0.00000256. The van der Waals surface area contributed by atoms with E-state index in [-0.39, 0.29) is 24.0 Å². The summed E-state index contributed by atoms with van der Waals surface area (Å²) in [6.45, 7) is 1.50. The fourth-order valence-electron chi connectivity index (χ4n) is 2.09. The molecule has 1 rings (SSSR count). The molecule has 0 spiro atoms. The number of nitrogens with zero attached hydrogens (tertiary/aromatic N) is 1. The SMILES string of the molecule is COCCCN=C(N)NC1CCCCCC1.I. The zero-order valence-electron chi connectivity index (χ0n) is 10.8. The van der Waals surface area contributed by atoms with E-state index in [1.54, 1.807) is 7.11 Å². The highest BCUT2D eigenvalue weighted by Gasteiger charge is 2.11. The van der Waals surface area contributed by atoms with Crippen molar-refractivity contribution in [3.8, 4) is 0 Å². The predicted molar refractivity (Wildman–Crippen MR) is 83.0 cm³/mol. The molecule has 0 atom stereocenters. The first-order chi connectivity index (χ1) is 7.83. The van der Waals surface area contributed by atoms with Crippen molar-refractivity contribution in [2.45, 2.75) is 51.0 Å². The molecule has 1 aliphatic carbocycles. The van der Waals surface area contributed by atoms with Crippen LogP contribution in [0, 0.1) is 0 Å². The number of nitrogens with two attached hydrogens (primary N) is 1. The van der Waals surface area contributed by atoms with Crippen LogP contribution in [0.5, 0.6) is 0 Å². The van der Waals surface area contributed by atoms with E-state index in [4.69, 9.17) is 10.5 Å². The Kier molecular flexibility index (Phi) is 11.0. The molecule has 1 aliphatic rings. The molecule has 0 saturated heterocycles. The maximum atomic E-state index is 5.84. The lowest BCUT2D eigenvalue weighted by molar-refractivity contribution is 0.197. The molecule has 17 heavy (non-hydrogen) atoms. The molecule has 0 radical (unpaired) electrons. The Hall–Kier alpha value is -0.0400. The molecule has 0 heterocycles. The summed E-state index contributed by atoms with van der Waals surface area (Å²) in [5.74, 6) is 0.600. The maximum absolute atomic E-state index is 5.84. The van der Waals surface area contributed by atoms with E-state index in [2.05, 4.69) is 10.3 Å². The smallest absolute Gasteiger partial charge is 0.188 e. The van der Waals surface area contributed by atoms with Crippen LogP contribution in [0.15, 0.2) is 4.99 Å². The standard InChI is InChI=1S/C12H25N3O.HI/c1-16-10-6-9-14-12(13)15-11-7-4-2-3-5-8-11;/h11H,2-10H2,1H3,(H3,13,14,15);1H. The number of ether oxygens (including phenoxy) is 1. The zero-order chi connectivity index (χ0) is 11.6. The van der Waals surface area contributed by atoms with Gasteiger partial charge in [0, 0.05) is 26.3 Å². The van der Waals surface area contributed by atoms with E-state index in [1.807, 2.05) is 0 Å². The quantitative estimate of drug-likeness (QED) is 0.262. The Morgan fingerprint density at radius 2 is 1.94 bits per heavy atom. The lowest BCUT2D eigenvalue weighted by Gasteiger charge is -2.16. The van der Waals surface area contributed by atoms with Gasteiger partial charge in [0.25, 0.3) is 0 Å². The van der Waals surface area contributed by atoms with Crippen molar-refractivity contribution in [3.05, 3.63) is 0 Å². The third-order valence-electron chi connectivity index (χ3n) is 3.00. The summed E-state index contributed by atoms with van der Waals surface area (Å²) in [5, 5.41) is 3.32. The molecule has 3 N–H and O–H groups in total. The Bertz CT molecular complexity index is 204. The lowest BCUT2D eigenvalue weighted by Crippen LogP contribution is -2.39. The minimum Gasteiger partial charge on any atom is -0.385 e. The number of aliphatic imine (C=N–C) groups is 1. The molecular weight excluding hydrogens is 329 g/mol. The minimum absolute atomic E-state index is 0. The number of rotatable bonds is 5. The summed E-state index contributed by atoms with van der Waals surface area (Å²) in [7, 11) is 1.71. The van der Waals surface area contributed by atoms with Crippen LogP contribution in [0.2, 0.25) is 0 Å². The van der Waals surface area contributed by atoms with Crippen LogP contribution in [-0.2, 0) is 4.74 Å². The van der Waals surface area contributed by atoms with Crippen molar-refractivity contribution in [3.63, 3.8) is 0 Å². The Labute approximate surface area is 122 Å². The van der Waals surface area contributed by atoms with Gasteiger partial charge in [-0.25, -0.2) is 0 Å². The van der Waals surface area contributed by atoms with Gasteiger partial charge in [-0.15, -0.1) is 24.0 Å². The zero-order valence-corrected chi connectivity index (χ0v) is 13.1. The third-order valence-corrected chi connectivity index (χ3v) is 3.00. The highest BCUT2D eigenvalue weighted by molar-refractivity contribution is 14.0. The largest absolute Gasteiger partial charge is 0.385 e. The second kappa shape index (κ2) is 11.1. The number of guanidine groups is 1. The monoisotopic (exact) mass is 355 g/mol. The molecular formula is C12H26IN3O. The van der Waals surface area contributed by atoms with E-state index in [0.29, 0.717) is 12.0 Å². The molecule has 0 aliphatic heterocycles. The molecule has 0 amide bonds. The molecule has 0 unspecified atom stereocenters. The maximum Gasteiger partial charge on any atom is 0.188 e. The molecule has 0 aromatic rings. The fourth-order valence-corrected chi connectivity index (χ4v) is 2.09. The van der Waals surface area contributed by atoms with Crippen molar-refractivity contribution in [2.24, 2.45) is 10.7 Å². The Morgan fingerprint density at radius 1 is 1.29 bits per heavy atom. The molecule has 0 aromatic carbocycles. The Morgan fingerprint density at radius 3 is 2.53 bits per heavy atom. The van der Waals surface area contributed by atoms with Gasteiger partial charge in [-0.05, 0) is 19.3 Å². The van der Waals surface area contributed by atoms with Gasteiger partial charge in [-0.1, -0.05) is 25.7 Å². The summed E-state index contributed by atoms with van der Waals surface area (Å²) < 4.78 is 4.96. The molecule has 0 aromatic heterocycles. The lowest BCUT2D eigenvalue weighted by atomic mass is 10.1. The van der Waals surface area contributed by atoms with Crippen LogP contribution in [0.25, 0.3) is 0 Å². The van der Waals surface area contributed by atoms with Crippen molar-refractivity contribution in [1.82, 2.24) is 5.32 Å². The van der Waals surface area contributed by atoms with E-state index < -0.39 is 0 Å². The molecule has 4 nitrogen and oxygen atoms in total. The van der Waals surface area contributed by atoms with Gasteiger partial charge >= 0.3 is 0 Å². The summed E-state index contributed by atoms with van der Waals surface area (Å²) in [4.78, 5) is 4.29. The molecule has 1 saturated carbocycles. The van der Waals surface area contributed by atoms with Crippen LogP contribution >= 0.6 is 24.0 Å². The molecule has 0 bridgehead atoms. The average molecular weight is 355 g/mol. The van der Waals surface area contributed by atoms with Gasteiger partial charge in [-0.3, -0.25) is 4.99 Å². The average Bonchev–Trinajstić information content (AvgIpc) is 2.53. The third kappa shape index (κ3) is 8.65. The van der Waals surface area contributed by atoms with Gasteiger partial charge in [0.1, 0.15) is 0 Å². The van der Waals surface area contributed by atoms with Gasteiger partial charge in [0.2, 0.25) is 0 Å². The van der Waals surface area contributed by atoms with Crippen molar-refractivity contribution in [2.75, 3.05) is 20.3 Å². The van der Waals surface area contributed by atoms with Crippen molar-refractivity contribution in [1.29, 1.82) is 0 Å². The second-order valence-electron chi connectivity index (χ2n) is 4.45. The van der Waals surface area contributed by atoms with Gasteiger partial charge in [-0.2, -0.15) is 0 Å². The number of hydrogen-bond acceptors (Lipinski definition) is 2.